The van der Waals surface area contributed by atoms with Crippen LogP contribution in [0.4, 0.5) is 10.2 Å². The van der Waals surface area contributed by atoms with Crippen LogP contribution < -0.4 is 11.0 Å². The van der Waals surface area contributed by atoms with Crippen molar-refractivity contribution in [3.05, 3.63) is 57.6 Å². The highest BCUT2D eigenvalue weighted by atomic mass is 35.5. The second-order valence-electron chi connectivity index (χ2n) is 6.19. The van der Waals surface area contributed by atoms with Crippen LogP contribution >= 0.6 is 23.4 Å². The van der Waals surface area contributed by atoms with E-state index in [9.17, 15) is 18.8 Å². The number of carbonyl (C=O) groups is 2. The van der Waals surface area contributed by atoms with Gasteiger partial charge in [0, 0.05) is 23.4 Å². The van der Waals surface area contributed by atoms with Crippen molar-refractivity contribution in [2.75, 3.05) is 11.9 Å². The van der Waals surface area contributed by atoms with Crippen LogP contribution in [0.5, 0.6) is 0 Å². The molecule has 3 rings (SSSR count). The molecule has 1 aromatic carbocycles. The van der Waals surface area contributed by atoms with Crippen LogP contribution in [0.2, 0.25) is 5.02 Å². The summed E-state index contributed by atoms with van der Waals surface area (Å²) in [5.74, 6) is -0.763. The van der Waals surface area contributed by atoms with Gasteiger partial charge in [0.2, 0.25) is 5.91 Å². The average Bonchev–Trinajstić information content (AvgIpc) is 3.00. The lowest BCUT2D eigenvalue weighted by molar-refractivity contribution is -0.114. The van der Waals surface area contributed by atoms with E-state index in [2.05, 4.69) is 10.3 Å². The zero-order valence-electron chi connectivity index (χ0n) is 14.8. The number of nitrogens with zero attached hydrogens (tertiary/aromatic N) is 2. The van der Waals surface area contributed by atoms with E-state index in [-0.39, 0.29) is 30.0 Å². The maximum Gasteiger partial charge on any atom is 0.350 e. The number of benzene rings is 1. The number of aromatic nitrogens is 2. The molecule has 1 aliphatic rings. The first-order valence-electron chi connectivity index (χ1n) is 8.42. The summed E-state index contributed by atoms with van der Waals surface area (Å²) < 4.78 is 20.9. The monoisotopic (exact) mass is 425 g/mol. The number of amides is 1. The second kappa shape index (κ2) is 8.74. The molecule has 1 aromatic heterocycles. The number of nitrogens with one attached hydrogen (secondary N) is 1. The molecule has 28 heavy (non-hydrogen) atoms. The Morgan fingerprint density at radius 3 is 2.71 bits per heavy atom. The van der Waals surface area contributed by atoms with Crippen molar-refractivity contribution in [3.63, 3.8) is 0 Å². The minimum Gasteiger partial charge on any atom is -0.461 e. The molecule has 1 fully saturated rings. The Kier molecular flexibility index (Phi) is 6.35. The third-order valence-electron chi connectivity index (χ3n) is 4.02. The van der Waals surface area contributed by atoms with Gasteiger partial charge >= 0.3 is 11.7 Å². The molecule has 0 unspecified atom stereocenters. The lowest BCUT2D eigenvalue weighted by Gasteiger charge is -2.15. The molecule has 0 spiro atoms. The highest BCUT2D eigenvalue weighted by molar-refractivity contribution is 8.00. The molecule has 0 radical (unpaired) electrons. The van der Waals surface area contributed by atoms with Crippen LogP contribution in [0.25, 0.3) is 0 Å². The summed E-state index contributed by atoms with van der Waals surface area (Å²) >= 11 is 6.99. The van der Waals surface area contributed by atoms with Gasteiger partial charge in [-0.1, -0.05) is 11.6 Å². The topological polar surface area (TPSA) is 90.3 Å². The number of rotatable bonds is 5. The number of alkyl halides is 1. The van der Waals surface area contributed by atoms with Crippen molar-refractivity contribution in [3.8, 4) is 0 Å². The lowest BCUT2D eigenvalue weighted by atomic mass is 10.2. The van der Waals surface area contributed by atoms with E-state index in [4.69, 9.17) is 16.3 Å². The minimum atomic E-state index is -1.30. The Hall–Kier alpha value is -2.39. The minimum absolute atomic E-state index is 0.0230. The smallest absolute Gasteiger partial charge is 0.350 e. The molecule has 10 heteroatoms. The quantitative estimate of drug-likeness (QED) is 0.740. The van der Waals surface area contributed by atoms with Crippen LogP contribution in [0, 0.1) is 0 Å². The van der Waals surface area contributed by atoms with Crippen molar-refractivity contribution in [2.24, 2.45) is 0 Å². The fourth-order valence-electron chi connectivity index (χ4n) is 2.75. The van der Waals surface area contributed by atoms with Crippen molar-refractivity contribution in [1.82, 2.24) is 9.55 Å². The summed E-state index contributed by atoms with van der Waals surface area (Å²) in [7, 11) is 0. The summed E-state index contributed by atoms with van der Waals surface area (Å²) in [4.78, 5) is 39.0. The van der Waals surface area contributed by atoms with E-state index in [0.717, 1.165) is 0 Å². The summed E-state index contributed by atoms with van der Waals surface area (Å²) in [6.45, 7) is 1.32. The first-order chi connectivity index (χ1) is 13.3. The number of ether oxygens (including phenoxy) is 1. The number of esters is 1. The third kappa shape index (κ3) is 4.90. The molecule has 1 aliphatic heterocycles. The maximum absolute atomic E-state index is 14.5. The molecule has 0 bridgehead atoms. The van der Waals surface area contributed by atoms with Gasteiger partial charge in [0.05, 0.1) is 5.56 Å². The number of hydrogen-bond donors (Lipinski definition) is 1. The molecular weight excluding hydrogens is 409 g/mol. The summed E-state index contributed by atoms with van der Waals surface area (Å²) in [6.07, 6.45) is 0.242. The van der Waals surface area contributed by atoms with Crippen LogP contribution in [-0.2, 0) is 9.53 Å². The Labute approximate surface area is 169 Å². The number of thioether (sulfide) groups is 1. The van der Waals surface area contributed by atoms with Crippen molar-refractivity contribution in [2.45, 2.75) is 30.1 Å². The Balaban J connectivity index is 1.61. The van der Waals surface area contributed by atoms with E-state index < -0.39 is 23.2 Å². The Morgan fingerprint density at radius 2 is 2.07 bits per heavy atom. The van der Waals surface area contributed by atoms with E-state index in [1.807, 2.05) is 0 Å². The van der Waals surface area contributed by atoms with E-state index in [1.54, 1.807) is 24.3 Å². The number of hydrogen-bond acceptors (Lipinski definition) is 6. The first-order valence-corrected chi connectivity index (χ1v) is 9.74. The molecule has 1 amide bonds. The summed E-state index contributed by atoms with van der Waals surface area (Å²) in [6, 6.07) is 7.70. The molecule has 3 atom stereocenters. The SMILES string of the molecule is CC(=O)Nc1ccn([C@@H]2S[C@H](COC(=O)c3ccc(Cl)cc3)C[C@@H]2F)c(=O)n1. The second-order valence-corrected chi connectivity index (χ2v) is 8.05. The standard InChI is InChI=1S/C18H17ClFN3O4S/c1-10(24)21-15-6-7-23(18(26)22-15)16-14(20)8-13(28-16)9-27-17(25)11-2-4-12(19)5-3-11/h2-7,13-14,16H,8-9H2,1H3,(H,21,22,24,26)/t13-,14-,16+/m0/s1. The lowest BCUT2D eigenvalue weighted by Crippen LogP contribution is -2.28. The highest BCUT2D eigenvalue weighted by Crippen LogP contribution is 2.42. The van der Waals surface area contributed by atoms with Gasteiger partial charge in [-0.3, -0.25) is 9.36 Å². The van der Waals surface area contributed by atoms with Crippen LogP contribution in [0.1, 0.15) is 29.1 Å². The van der Waals surface area contributed by atoms with Gasteiger partial charge in [0.1, 0.15) is 24.0 Å². The van der Waals surface area contributed by atoms with E-state index >= 15 is 0 Å². The van der Waals surface area contributed by atoms with Crippen LogP contribution in [0.15, 0.2) is 41.3 Å². The first kappa shape index (κ1) is 20.3. The van der Waals surface area contributed by atoms with Gasteiger partial charge in [-0.25, -0.2) is 14.0 Å². The Morgan fingerprint density at radius 1 is 1.36 bits per heavy atom. The van der Waals surface area contributed by atoms with E-state index in [0.29, 0.717) is 10.6 Å². The fraction of sp³-hybridized carbons (Fsp3) is 0.333. The van der Waals surface area contributed by atoms with Crippen LogP contribution in [0.3, 0.4) is 0 Å². The van der Waals surface area contributed by atoms with Crippen molar-refractivity contribution < 1.29 is 18.7 Å². The zero-order chi connectivity index (χ0) is 20.3. The molecular formula is C18H17ClFN3O4S. The predicted molar refractivity (Wildman–Crippen MR) is 104 cm³/mol. The summed E-state index contributed by atoms with van der Waals surface area (Å²) in [5, 5.41) is 1.85. The average molecular weight is 426 g/mol. The van der Waals surface area contributed by atoms with Gasteiger partial charge in [0.15, 0.2) is 0 Å². The molecule has 1 saturated heterocycles. The summed E-state index contributed by atoms with van der Waals surface area (Å²) in [5.41, 5.74) is -0.306. The van der Waals surface area contributed by atoms with E-state index in [1.165, 1.54) is 35.5 Å². The zero-order valence-corrected chi connectivity index (χ0v) is 16.4. The van der Waals surface area contributed by atoms with Gasteiger partial charge in [0.25, 0.3) is 0 Å². The fourth-order valence-corrected chi connectivity index (χ4v) is 4.28. The van der Waals surface area contributed by atoms with Crippen molar-refractivity contribution in [1.29, 1.82) is 0 Å². The number of halogens is 2. The molecule has 0 aliphatic carbocycles. The van der Waals surface area contributed by atoms with Crippen LogP contribution in [-0.4, -0.2) is 39.5 Å². The van der Waals surface area contributed by atoms with Gasteiger partial charge in [-0.2, -0.15) is 4.98 Å². The molecule has 148 valence electrons. The Bertz CT molecular complexity index is 937. The highest BCUT2D eigenvalue weighted by Gasteiger charge is 2.37. The largest absolute Gasteiger partial charge is 0.461 e. The molecule has 2 heterocycles. The number of carbonyl (C=O) groups excluding carboxylic acids is 2. The maximum atomic E-state index is 14.5. The van der Waals surface area contributed by atoms with Gasteiger partial charge in [-0.05, 0) is 36.8 Å². The van der Waals surface area contributed by atoms with Gasteiger partial charge < -0.3 is 10.1 Å². The van der Waals surface area contributed by atoms with Crippen molar-refractivity contribution >= 4 is 41.1 Å². The molecule has 2 aromatic rings. The number of anilines is 1. The van der Waals surface area contributed by atoms with Gasteiger partial charge in [-0.15, -0.1) is 11.8 Å². The molecule has 7 nitrogen and oxygen atoms in total. The third-order valence-corrected chi connectivity index (χ3v) is 5.78. The molecule has 1 N–H and O–H groups in total. The molecule has 0 saturated carbocycles. The normalized spacial score (nSPS) is 21.3. The predicted octanol–water partition coefficient (Wildman–Crippen LogP) is 3.05.